The van der Waals surface area contributed by atoms with Crippen molar-refractivity contribution in [2.75, 3.05) is 60.0 Å². The molecule has 0 aromatic heterocycles. The summed E-state index contributed by atoms with van der Waals surface area (Å²) in [6.45, 7) is 7.40. The van der Waals surface area contributed by atoms with Crippen LogP contribution < -0.4 is 5.32 Å². The minimum atomic E-state index is 0.728. The second kappa shape index (κ2) is 8.98. The molecule has 4 nitrogen and oxygen atoms in total. The quantitative estimate of drug-likeness (QED) is 0.715. The number of hydrogen-bond acceptors (Lipinski definition) is 4. The molecular weight excluding hydrogens is 250 g/mol. The summed E-state index contributed by atoms with van der Waals surface area (Å²) in [6, 6.07) is 0.728. The first-order valence-corrected chi connectivity index (χ1v) is 8.44. The molecule has 0 radical (unpaired) electrons. The topological polar surface area (TPSA) is 27.7 Å². The van der Waals surface area contributed by atoms with Crippen LogP contribution in [0.3, 0.4) is 0 Å². The molecule has 2 rings (SSSR count). The fraction of sp³-hybridized carbons (Fsp3) is 1.00. The summed E-state index contributed by atoms with van der Waals surface area (Å²) in [5.41, 5.74) is 0. The number of rotatable bonds is 7. The normalized spacial score (nSPS) is 26.2. The molecule has 1 N–H and O–H groups in total. The van der Waals surface area contributed by atoms with Crippen LogP contribution in [0.25, 0.3) is 0 Å². The Balaban J connectivity index is 1.60. The van der Waals surface area contributed by atoms with E-state index < -0.39 is 0 Å². The molecule has 20 heavy (non-hydrogen) atoms. The molecule has 0 amide bonds. The molecule has 0 aromatic rings. The zero-order valence-corrected chi connectivity index (χ0v) is 13.4. The standard InChI is InChI=1S/C16H33N3O/c1-18(2)10-12-20-13-11-19-9-8-17-16(14-19)15-6-4-3-5-7-15/h15-17H,3-14H2,1-2H3. The lowest BCUT2D eigenvalue weighted by Gasteiger charge is -2.39. The number of piperazine rings is 1. The third kappa shape index (κ3) is 5.68. The molecule has 118 valence electrons. The Morgan fingerprint density at radius 3 is 2.70 bits per heavy atom. The molecular formula is C16H33N3O. The zero-order valence-electron chi connectivity index (χ0n) is 13.4. The van der Waals surface area contributed by atoms with Crippen LogP contribution in [0.15, 0.2) is 0 Å². The van der Waals surface area contributed by atoms with Crippen LogP contribution in [0, 0.1) is 5.92 Å². The fourth-order valence-electron chi connectivity index (χ4n) is 3.44. The van der Waals surface area contributed by atoms with E-state index >= 15 is 0 Å². The van der Waals surface area contributed by atoms with Crippen LogP contribution in [0.2, 0.25) is 0 Å². The van der Waals surface area contributed by atoms with Gasteiger partial charge in [0, 0.05) is 38.8 Å². The fourth-order valence-corrected chi connectivity index (χ4v) is 3.44. The van der Waals surface area contributed by atoms with E-state index in [0.29, 0.717) is 0 Å². The summed E-state index contributed by atoms with van der Waals surface area (Å²) in [7, 11) is 4.18. The largest absolute Gasteiger partial charge is 0.379 e. The Labute approximate surface area is 124 Å². The van der Waals surface area contributed by atoms with E-state index in [1.54, 1.807) is 0 Å². The van der Waals surface area contributed by atoms with Crippen LogP contribution in [0.4, 0.5) is 0 Å². The van der Waals surface area contributed by atoms with Gasteiger partial charge in [-0.15, -0.1) is 0 Å². The first-order chi connectivity index (χ1) is 9.75. The first-order valence-electron chi connectivity index (χ1n) is 8.44. The van der Waals surface area contributed by atoms with E-state index in [1.807, 2.05) is 0 Å². The number of nitrogens with zero attached hydrogens (tertiary/aromatic N) is 2. The van der Waals surface area contributed by atoms with Gasteiger partial charge in [0.1, 0.15) is 0 Å². The maximum atomic E-state index is 5.72. The first kappa shape index (κ1) is 16.2. The molecule has 4 heteroatoms. The van der Waals surface area contributed by atoms with Crippen molar-refractivity contribution in [1.82, 2.24) is 15.1 Å². The van der Waals surface area contributed by atoms with Crippen molar-refractivity contribution in [1.29, 1.82) is 0 Å². The van der Waals surface area contributed by atoms with Crippen LogP contribution >= 0.6 is 0 Å². The highest BCUT2D eigenvalue weighted by Gasteiger charge is 2.27. The molecule has 0 spiro atoms. The summed E-state index contributed by atoms with van der Waals surface area (Å²) in [5, 5.41) is 3.75. The van der Waals surface area contributed by atoms with Gasteiger partial charge in [0.05, 0.1) is 13.2 Å². The van der Waals surface area contributed by atoms with Crippen molar-refractivity contribution < 1.29 is 4.74 Å². The predicted octanol–water partition coefficient (Wildman–Crippen LogP) is 1.42. The van der Waals surface area contributed by atoms with Gasteiger partial charge < -0.3 is 15.0 Å². The molecule has 1 unspecified atom stereocenters. The van der Waals surface area contributed by atoms with Crippen LogP contribution in [0.1, 0.15) is 32.1 Å². The van der Waals surface area contributed by atoms with Gasteiger partial charge in [0.2, 0.25) is 0 Å². The average Bonchev–Trinajstić information content (AvgIpc) is 2.48. The lowest BCUT2D eigenvalue weighted by molar-refractivity contribution is 0.0740. The van der Waals surface area contributed by atoms with Crippen LogP contribution in [-0.4, -0.2) is 75.9 Å². The minimum absolute atomic E-state index is 0.728. The highest BCUT2D eigenvalue weighted by molar-refractivity contribution is 4.85. The molecule has 1 aliphatic heterocycles. The smallest absolute Gasteiger partial charge is 0.0594 e. The molecule has 1 aliphatic carbocycles. The van der Waals surface area contributed by atoms with Gasteiger partial charge in [-0.05, 0) is 32.9 Å². The highest BCUT2D eigenvalue weighted by atomic mass is 16.5. The van der Waals surface area contributed by atoms with Gasteiger partial charge in [-0.1, -0.05) is 19.3 Å². The van der Waals surface area contributed by atoms with E-state index in [4.69, 9.17) is 4.74 Å². The van der Waals surface area contributed by atoms with Crippen molar-refractivity contribution in [2.24, 2.45) is 5.92 Å². The summed E-state index contributed by atoms with van der Waals surface area (Å²) in [6.07, 6.45) is 7.20. The Morgan fingerprint density at radius 1 is 1.15 bits per heavy atom. The van der Waals surface area contributed by atoms with E-state index in [2.05, 4.69) is 29.2 Å². The van der Waals surface area contributed by atoms with Gasteiger partial charge in [-0.2, -0.15) is 0 Å². The second-order valence-electron chi connectivity index (χ2n) is 6.67. The van der Waals surface area contributed by atoms with Gasteiger partial charge in [0.25, 0.3) is 0 Å². The molecule has 0 bridgehead atoms. The molecule has 1 saturated carbocycles. The third-order valence-electron chi connectivity index (χ3n) is 4.74. The lowest BCUT2D eigenvalue weighted by atomic mass is 9.83. The van der Waals surface area contributed by atoms with Gasteiger partial charge >= 0.3 is 0 Å². The molecule has 1 heterocycles. The van der Waals surface area contributed by atoms with E-state index in [0.717, 1.165) is 44.8 Å². The van der Waals surface area contributed by atoms with Gasteiger partial charge in [0.15, 0.2) is 0 Å². The molecule has 2 fully saturated rings. The molecule has 2 aliphatic rings. The van der Waals surface area contributed by atoms with Crippen molar-refractivity contribution in [2.45, 2.75) is 38.1 Å². The van der Waals surface area contributed by atoms with Crippen molar-refractivity contribution in [3.63, 3.8) is 0 Å². The molecule has 1 saturated heterocycles. The average molecular weight is 283 g/mol. The molecule has 1 atom stereocenters. The second-order valence-corrected chi connectivity index (χ2v) is 6.67. The Hall–Kier alpha value is -0.160. The van der Waals surface area contributed by atoms with Crippen LogP contribution in [-0.2, 0) is 4.74 Å². The van der Waals surface area contributed by atoms with Gasteiger partial charge in [-0.3, -0.25) is 4.90 Å². The third-order valence-corrected chi connectivity index (χ3v) is 4.74. The van der Waals surface area contributed by atoms with Crippen LogP contribution in [0.5, 0.6) is 0 Å². The maximum absolute atomic E-state index is 5.72. The number of likely N-dealkylation sites (N-methyl/N-ethyl adjacent to an activating group) is 1. The van der Waals surface area contributed by atoms with Crippen molar-refractivity contribution in [3.05, 3.63) is 0 Å². The van der Waals surface area contributed by atoms with E-state index in [9.17, 15) is 0 Å². The summed E-state index contributed by atoms with van der Waals surface area (Å²) < 4.78 is 5.72. The van der Waals surface area contributed by atoms with E-state index in [1.165, 1.54) is 45.2 Å². The highest BCUT2D eigenvalue weighted by Crippen LogP contribution is 2.27. The van der Waals surface area contributed by atoms with Crippen molar-refractivity contribution >= 4 is 0 Å². The minimum Gasteiger partial charge on any atom is -0.379 e. The number of nitrogens with one attached hydrogen (secondary N) is 1. The number of ether oxygens (including phenoxy) is 1. The summed E-state index contributed by atoms with van der Waals surface area (Å²) in [4.78, 5) is 4.76. The monoisotopic (exact) mass is 283 g/mol. The summed E-state index contributed by atoms with van der Waals surface area (Å²) in [5.74, 6) is 0.918. The predicted molar refractivity (Wildman–Crippen MR) is 84.2 cm³/mol. The maximum Gasteiger partial charge on any atom is 0.0594 e. The SMILES string of the molecule is CN(C)CCOCCN1CCNC(C2CCCCC2)C1. The Kier molecular flexibility index (Phi) is 7.28. The number of hydrogen-bond donors (Lipinski definition) is 1. The Morgan fingerprint density at radius 2 is 1.95 bits per heavy atom. The summed E-state index contributed by atoms with van der Waals surface area (Å²) >= 11 is 0. The molecule has 0 aromatic carbocycles. The lowest BCUT2D eigenvalue weighted by Crippen LogP contribution is -2.54. The zero-order chi connectivity index (χ0) is 14.2. The Bertz CT molecular complexity index is 254. The van der Waals surface area contributed by atoms with Gasteiger partial charge in [-0.25, -0.2) is 0 Å². The van der Waals surface area contributed by atoms with E-state index in [-0.39, 0.29) is 0 Å². The van der Waals surface area contributed by atoms with Crippen molar-refractivity contribution in [3.8, 4) is 0 Å².